The fraction of sp³-hybridized carbons (Fsp3) is 0.100. The lowest BCUT2D eigenvalue weighted by Gasteiger charge is -2.12. The van der Waals surface area contributed by atoms with E-state index in [-0.39, 0.29) is 0 Å². The second-order valence-electron chi connectivity index (χ2n) is 5.77. The van der Waals surface area contributed by atoms with Gasteiger partial charge in [0.15, 0.2) is 0 Å². The summed E-state index contributed by atoms with van der Waals surface area (Å²) in [5, 5.41) is 2.49. The summed E-state index contributed by atoms with van der Waals surface area (Å²) >= 11 is 0. The lowest BCUT2D eigenvalue weighted by molar-refractivity contribution is -0.138. The second kappa shape index (κ2) is 7.00. The maximum absolute atomic E-state index is 13.0. The van der Waals surface area contributed by atoms with Gasteiger partial charge in [0, 0.05) is 18.1 Å². The number of benzene rings is 2. The van der Waals surface area contributed by atoms with Gasteiger partial charge >= 0.3 is 6.18 Å². The fourth-order valence-electron chi connectivity index (χ4n) is 2.65. The highest BCUT2D eigenvalue weighted by Crippen LogP contribution is 2.32. The topological polar surface area (TPSA) is 42.0 Å². The number of rotatable bonds is 3. The van der Waals surface area contributed by atoms with E-state index < -0.39 is 23.2 Å². The van der Waals surface area contributed by atoms with Crippen LogP contribution in [0.4, 0.5) is 18.9 Å². The number of amides is 1. The number of aryl methyl sites for hydroxylation is 1. The number of carbonyl (C=O) groups is 1. The normalized spacial score (nSPS) is 11.2. The van der Waals surface area contributed by atoms with Crippen molar-refractivity contribution < 1.29 is 18.0 Å². The summed E-state index contributed by atoms with van der Waals surface area (Å²) in [5.41, 5.74) is 2.00. The number of pyridine rings is 1. The van der Waals surface area contributed by atoms with Gasteiger partial charge in [-0.25, -0.2) is 0 Å². The number of halogens is 3. The molecule has 0 fully saturated rings. The Labute approximate surface area is 148 Å². The van der Waals surface area contributed by atoms with Crippen LogP contribution in [0.2, 0.25) is 0 Å². The maximum atomic E-state index is 13.0. The first kappa shape index (κ1) is 17.7. The first-order valence-corrected chi connectivity index (χ1v) is 7.85. The van der Waals surface area contributed by atoms with Crippen LogP contribution in [0, 0.1) is 6.92 Å². The third-order valence-corrected chi connectivity index (χ3v) is 3.97. The van der Waals surface area contributed by atoms with Gasteiger partial charge in [-0.3, -0.25) is 9.78 Å². The van der Waals surface area contributed by atoms with Crippen molar-refractivity contribution in [1.29, 1.82) is 0 Å². The van der Waals surface area contributed by atoms with Gasteiger partial charge in [0.25, 0.3) is 5.91 Å². The molecule has 0 spiro atoms. The molecule has 0 bridgehead atoms. The monoisotopic (exact) mass is 356 g/mol. The zero-order valence-corrected chi connectivity index (χ0v) is 13.8. The van der Waals surface area contributed by atoms with E-state index in [0.717, 1.165) is 35.2 Å². The first-order valence-electron chi connectivity index (χ1n) is 7.85. The molecule has 0 atom stereocenters. The number of anilines is 1. The van der Waals surface area contributed by atoms with E-state index in [1.807, 2.05) is 43.3 Å². The molecular weight excluding hydrogens is 341 g/mol. The van der Waals surface area contributed by atoms with Crippen LogP contribution in [0.25, 0.3) is 11.1 Å². The molecule has 0 saturated heterocycles. The number of aromatic nitrogens is 1. The summed E-state index contributed by atoms with van der Waals surface area (Å²) in [7, 11) is 0. The molecule has 0 radical (unpaired) electrons. The zero-order valence-electron chi connectivity index (χ0n) is 13.8. The van der Waals surface area contributed by atoms with E-state index in [0.29, 0.717) is 5.69 Å². The molecule has 1 N–H and O–H groups in total. The third kappa shape index (κ3) is 3.74. The van der Waals surface area contributed by atoms with Gasteiger partial charge in [0.05, 0.1) is 11.1 Å². The maximum Gasteiger partial charge on any atom is 0.417 e. The van der Waals surface area contributed by atoms with Crippen molar-refractivity contribution in [3.63, 3.8) is 0 Å². The molecule has 0 saturated carbocycles. The Morgan fingerprint density at radius 3 is 2.35 bits per heavy atom. The Hall–Kier alpha value is -3.15. The SMILES string of the molecule is Cc1ccccc1-c1ccc(NC(=O)c2cnccc2C(F)(F)F)cc1. The highest BCUT2D eigenvalue weighted by Gasteiger charge is 2.35. The van der Waals surface area contributed by atoms with E-state index >= 15 is 0 Å². The predicted octanol–water partition coefficient (Wildman–Crippen LogP) is 5.33. The molecule has 1 aromatic heterocycles. The molecule has 3 aromatic rings. The molecule has 26 heavy (non-hydrogen) atoms. The summed E-state index contributed by atoms with van der Waals surface area (Å²) < 4.78 is 39.1. The lowest BCUT2D eigenvalue weighted by Crippen LogP contribution is -2.19. The van der Waals surface area contributed by atoms with Gasteiger partial charge < -0.3 is 5.32 Å². The Balaban J connectivity index is 1.82. The summed E-state index contributed by atoms with van der Waals surface area (Å²) in [6.07, 6.45) is -2.69. The summed E-state index contributed by atoms with van der Waals surface area (Å²) in [4.78, 5) is 15.9. The molecule has 0 unspecified atom stereocenters. The van der Waals surface area contributed by atoms with Crippen molar-refractivity contribution in [3.8, 4) is 11.1 Å². The fourth-order valence-corrected chi connectivity index (χ4v) is 2.65. The van der Waals surface area contributed by atoms with Crippen molar-refractivity contribution in [1.82, 2.24) is 4.98 Å². The molecule has 3 rings (SSSR count). The number of alkyl halides is 3. The Bertz CT molecular complexity index is 934. The van der Waals surface area contributed by atoms with Crippen LogP contribution in [-0.2, 0) is 6.18 Å². The average Bonchev–Trinajstić information content (AvgIpc) is 2.62. The standard InChI is InChI=1S/C20H15F3N2O/c1-13-4-2-3-5-16(13)14-6-8-15(9-7-14)25-19(26)17-12-24-11-10-18(17)20(21,22)23/h2-12H,1H3,(H,25,26). The van der Waals surface area contributed by atoms with Crippen molar-refractivity contribution in [2.45, 2.75) is 13.1 Å². The molecule has 0 aliphatic heterocycles. The van der Waals surface area contributed by atoms with E-state index in [4.69, 9.17) is 0 Å². The summed E-state index contributed by atoms with van der Waals surface area (Å²) in [6, 6.07) is 15.6. The van der Waals surface area contributed by atoms with Crippen LogP contribution in [-0.4, -0.2) is 10.9 Å². The van der Waals surface area contributed by atoms with Gasteiger partial charge in [-0.15, -0.1) is 0 Å². The van der Waals surface area contributed by atoms with Crippen LogP contribution in [0.15, 0.2) is 67.0 Å². The Morgan fingerprint density at radius 2 is 1.69 bits per heavy atom. The van der Waals surface area contributed by atoms with E-state index in [1.165, 1.54) is 0 Å². The minimum absolute atomic E-state index is 0.407. The third-order valence-electron chi connectivity index (χ3n) is 3.97. The second-order valence-corrected chi connectivity index (χ2v) is 5.77. The van der Waals surface area contributed by atoms with Crippen molar-refractivity contribution in [2.75, 3.05) is 5.32 Å². The quantitative estimate of drug-likeness (QED) is 0.689. The summed E-state index contributed by atoms with van der Waals surface area (Å²) in [6.45, 7) is 1.99. The largest absolute Gasteiger partial charge is 0.417 e. The van der Waals surface area contributed by atoms with Gasteiger partial charge in [0.1, 0.15) is 0 Å². The van der Waals surface area contributed by atoms with Crippen LogP contribution >= 0.6 is 0 Å². The minimum atomic E-state index is -4.62. The molecule has 1 heterocycles. The lowest BCUT2D eigenvalue weighted by atomic mass is 10.0. The molecule has 1 amide bonds. The molecule has 2 aromatic carbocycles. The zero-order chi connectivity index (χ0) is 18.7. The first-order chi connectivity index (χ1) is 12.4. The molecular formula is C20H15F3N2O. The van der Waals surface area contributed by atoms with Gasteiger partial charge in [-0.05, 0) is 41.8 Å². The van der Waals surface area contributed by atoms with Crippen LogP contribution in [0.3, 0.4) is 0 Å². The van der Waals surface area contributed by atoms with Crippen LogP contribution in [0.1, 0.15) is 21.5 Å². The van der Waals surface area contributed by atoms with Gasteiger partial charge in [-0.2, -0.15) is 13.2 Å². The molecule has 3 nitrogen and oxygen atoms in total. The van der Waals surface area contributed by atoms with Gasteiger partial charge in [0.2, 0.25) is 0 Å². The number of hydrogen-bond donors (Lipinski definition) is 1. The van der Waals surface area contributed by atoms with Crippen molar-refractivity contribution in [3.05, 3.63) is 83.7 Å². The molecule has 6 heteroatoms. The smallest absolute Gasteiger partial charge is 0.322 e. The number of carbonyl (C=O) groups excluding carboxylic acids is 1. The van der Waals surface area contributed by atoms with E-state index in [9.17, 15) is 18.0 Å². The van der Waals surface area contributed by atoms with E-state index in [2.05, 4.69) is 10.3 Å². The van der Waals surface area contributed by atoms with Gasteiger partial charge in [-0.1, -0.05) is 36.4 Å². The summed E-state index contributed by atoms with van der Waals surface area (Å²) in [5.74, 6) is -0.853. The van der Waals surface area contributed by atoms with Crippen LogP contribution < -0.4 is 5.32 Å². The molecule has 0 aliphatic carbocycles. The number of hydrogen-bond acceptors (Lipinski definition) is 2. The van der Waals surface area contributed by atoms with Crippen molar-refractivity contribution >= 4 is 11.6 Å². The minimum Gasteiger partial charge on any atom is -0.322 e. The van der Waals surface area contributed by atoms with Crippen LogP contribution in [0.5, 0.6) is 0 Å². The molecule has 0 aliphatic rings. The Kier molecular flexibility index (Phi) is 4.75. The predicted molar refractivity (Wildman–Crippen MR) is 93.8 cm³/mol. The number of nitrogens with one attached hydrogen (secondary N) is 1. The van der Waals surface area contributed by atoms with E-state index in [1.54, 1.807) is 12.1 Å². The number of nitrogens with zero attached hydrogens (tertiary/aromatic N) is 1. The average molecular weight is 356 g/mol. The Morgan fingerprint density at radius 1 is 1.00 bits per heavy atom. The molecule has 132 valence electrons. The highest BCUT2D eigenvalue weighted by atomic mass is 19.4. The highest BCUT2D eigenvalue weighted by molar-refractivity contribution is 6.05. The van der Waals surface area contributed by atoms with Crippen molar-refractivity contribution in [2.24, 2.45) is 0 Å².